The molecule has 1 N–H and O–H groups in total. The van der Waals surface area contributed by atoms with E-state index >= 15 is 0 Å². The molecule has 2 aliphatic heterocycles. The number of piperidine rings is 1. The van der Waals surface area contributed by atoms with Crippen LogP contribution in [0.2, 0.25) is 0 Å². The summed E-state index contributed by atoms with van der Waals surface area (Å²) in [5, 5.41) is 3.54. The van der Waals surface area contributed by atoms with E-state index in [1.165, 1.54) is 18.2 Å². The molecule has 5 nitrogen and oxygen atoms in total. The first kappa shape index (κ1) is 16.6. The van der Waals surface area contributed by atoms with Gasteiger partial charge in [-0.25, -0.2) is 0 Å². The highest BCUT2D eigenvalue weighted by atomic mass is 16.5. The van der Waals surface area contributed by atoms with E-state index in [9.17, 15) is 4.79 Å². The molecular weight excluding hydrogens is 302 g/mol. The predicted octanol–water partition coefficient (Wildman–Crippen LogP) is 2.09. The van der Waals surface area contributed by atoms with E-state index in [-0.39, 0.29) is 12.5 Å². The zero-order chi connectivity index (χ0) is 16.9. The van der Waals surface area contributed by atoms with Gasteiger partial charge in [-0.15, -0.1) is 0 Å². The molecule has 2 heterocycles. The standard InChI is InChI=1S/C19H25N3O2/c1-21-10-8-16(9-11-21)19-20-17(12-15-6-4-3-5-7-15)13-22(19)14-18(23)24-2/h3-7,13,20H,8-12,14H2,1-2H3. The maximum absolute atomic E-state index is 11.8. The Morgan fingerprint density at radius 2 is 1.92 bits per heavy atom. The third-order valence-electron chi connectivity index (χ3n) is 4.57. The first-order valence-electron chi connectivity index (χ1n) is 8.41. The van der Waals surface area contributed by atoms with E-state index in [0.717, 1.165) is 43.9 Å². The van der Waals surface area contributed by atoms with Gasteiger partial charge in [0.15, 0.2) is 0 Å². The third-order valence-corrected chi connectivity index (χ3v) is 4.57. The smallest absolute Gasteiger partial charge is 0.325 e. The Morgan fingerprint density at radius 3 is 2.58 bits per heavy atom. The van der Waals surface area contributed by atoms with E-state index in [0.29, 0.717) is 0 Å². The van der Waals surface area contributed by atoms with Crippen LogP contribution >= 0.6 is 0 Å². The lowest BCUT2D eigenvalue weighted by atomic mass is 10.0. The van der Waals surface area contributed by atoms with Gasteiger partial charge in [0.1, 0.15) is 12.4 Å². The number of likely N-dealkylation sites (tertiary alicyclic amines) is 1. The van der Waals surface area contributed by atoms with Crippen molar-refractivity contribution in [3.63, 3.8) is 0 Å². The van der Waals surface area contributed by atoms with Crippen molar-refractivity contribution in [1.82, 2.24) is 15.1 Å². The second kappa shape index (κ2) is 7.53. The average Bonchev–Trinajstić information content (AvgIpc) is 2.98. The van der Waals surface area contributed by atoms with Crippen LogP contribution in [0.4, 0.5) is 0 Å². The molecule has 1 fully saturated rings. The molecule has 0 spiro atoms. The second-order valence-electron chi connectivity index (χ2n) is 6.40. The second-order valence-corrected chi connectivity index (χ2v) is 6.40. The van der Waals surface area contributed by atoms with E-state index in [1.54, 1.807) is 0 Å². The zero-order valence-electron chi connectivity index (χ0n) is 14.4. The average molecular weight is 327 g/mol. The fourth-order valence-corrected chi connectivity index (χ4v) is 3.16. The molecule has 0 amide bonds. The first-order chi connectivity index (χ1) is 11.7. The fraction of sp³-hybridized carbons (Fsp3) is 0.421. The van der Waals surface area contributed by atoms with Crippen LogP contribution in [0.3, 0.4) is 0 Å². The first-order valence-corrected chi connectivity index (χ1v) is 8.41. The Morgan fingerprint density at radius 1 is 1.21 bits per heavy atom. The van der Waals surface area contributed by atoms with Crippen molar-refractivity contribution in [2.45, 2.75) is 19.3 Å². The molecule has 1 saturated heterocycles. The van der Waals surface area contributed by atoms with Gasteiger partial charge in [-0.2, -0.15) is 0 Å². The maximum atomic E-state index is 11.8. The van der Waals surface area contributed by atoms with Gasteiger partial charge >= 0.3 is 5.97 Å². The highest BCUT2D eigenvalue weighted by Crippen LogP contribution is 2.26. The number of hydrogen-bond donors (Lipinski definition) is 1. The number of esters is 1. The van der Waals surface area contributed by atoms with Crippen molar-refractivity contribution < 1.29 is 9.53 Å². The quantitative estimate of drug-likeness (QED) is 0.858. The van der Waals surface area contributed by atoms with Crippen molar-refractivity contribution in [3.05, 3.63) is 59.2 Å². The molecule has 0 saturated carbocycles. The number of nitrogens with zero attached hydrogens (tertiary/aromatic N) is 2. The number of allylic oxidation sites excluding steroid dienone is 1. The third kappa shape index (κ3) is 3.97. The number of methoxy groups -OCH3 is 1. The van der Waals surface area contributed by atoms with Gasteiger partial charge in [0.2, 0.25) is 0 Å². The molecule has 0 unspecified atom stereocenters. The van der Waals surface area contributed by atoms with Crippen molar-refractivity contribution in [1.29, 1.82) is 0 Å². The predicted molar refractivity (Wildman–Crippen MR) is 93.8 cm³/mol. The molecule has 1 aromatic carbocycles. The van der Waals surface area contributed by atoms with E-state index in [1.807, 2.05) is 29.3 Å². The monoisotopic (exact) mass is 327 g/mol. The lowest BCUT2D eigenvalue weighted by Gasteiger charge is -2.28. The Hall–Kier alpha value is -2.27. The minimum atomic E-state index is -0.222. The van der Waals surface area contributed by atoms with Gasteiger partial charge < -0.3 is 19.9 Å². The van der Waals surface area contributed by atoms with Crippen LogP contribution in [0.25, 0.3) is 0 Å². The number of hydrogen-bond acceptors (Lipinski definition) is 5. The minimum Gasteiger partial charge on any atom is -0.468 e. The van der Waals surface area contributed by atoms with Crippen LogP contribution in [0.5, 0.6) is 0 Å². The van der Waals surface area contributed by atoms with Gasteiger partial charge in [0, 0.05) is 31.4 Å². The van der Waals surface area contributed by atoms with Crippen LogP contribution in [0, 0.1) is 0 Å². The molecule has 5 heteroatoms. The molecule has 0 atom stereocenters. The lowest BCUT2D eigenvalue weighted by Crippen LogP contribution is -2.32. The summed E-state index contributed by atoms with van der Waals surface area (Å²) in [4.78, 5) is 16.1. The Kier molecular flexibility index (Phi) is 5.20. The molecule has 2 aliphatic rings. The SMILES string of the molecule is COC(=O)CN1C=C(Cc2ccccc2)NC1=C1CCN(C)CC1. The van der Waals surface area contributed by atoms with Crippen LogP contribution in [-0.4, -0.2) is 49.6 Å². The summed E-state index contributed by atoms with van der Waals surface area (Å²) < 4.78 is 4.85. The molecule has 0 aliphatic carbocycles. The Balaban J connectivity index is 1.78. The summed E-state index contributed by atoms with van der Waals surface area (Å²) in [5.74, 6) is 0.847. The minimum absolute atomic E-state index is 0.222. The number of ether oxygens (including phenoxy) is 1. The van der Waals surface area contributed by atoms with E-state index in [2.05, 4.69) is 29.4 Å². The number of benzene rings is 1. The highest BCUT2D eigenvalue weighted by molar-refractivity contribution is 5.72. The fourth-order valence-electron chi connectivity index (χ4n) is 3.16. The molecule has 0 aromatic heterocycles. The van der Waals surface area contributed by atoms with Gasteiger partial charge in [-0.05, 0) is 31.0 Å². The molecular formula is C19H25N3O2. The number of carbonyl (C=O) groups is 1. The summed E-state index contributed by atoms with van der Waals surface area (Å²) >= 11 is 0. The lowest BCUT2D eigenvalue weighted by molar-refractivity contribution is -0.140. The van der Waals surface area contributed by atoms with Crippen molar-refractivity contribution in [2.24, 2.45) is 0 Å². The summed E-state index contributed by atoms with van der Waals surface area (Å²) in [6, 6.07) is 10.4. The molecule has 3 rings (SSSR count). The van der Waals surface area contributed by atoms with Crippen molar-refractivity contribution in [3.8, 4) is 0 Å². The zero-order valence-corrected chi connectivity index (χ0v) is 14.4. The summed E-state index contributed by atoms with van der Waals surface area (Å²) in [6.45, 7) is 2.36. The maximum Gasteiger partial charge on any atom is 0.325 e. The van der Waals surface area contributed by atoms with Gasteiger partial charge in [0.25, 0.3) is 0 Å². The van der Waals surface area contributed by atoms with Crippen molar-refractivity contribution in [2.75, 3.05) is 33.8 Å². The van der Waals surface area contributed by atoms with Crippen molar-refractivity contribution >= 4 is 5.97 Å². The highest BCUT2D eigenvalue weighted by Gasteiger charge is 2.25. The topological polar surface area (TPSA) is 44.8 Å². The van der Waals surface area contributed by atoms with Gasteiger partial charge in [-0.1, -0.05) is 30.3 Å². The van der Waals surface area contributed by atoms with E-state index in [4.69, 9.17) is 4.74 Å². The molecule has 0 radical (unpaired) electrons. The van der Waals surface area contributed by atoms with Crippen LogP contribution in [0.1, 0.15) is 18.4 Å². The van der Waals surface area contributed by atoms with Gasteiger partial charge in [0.05, 0.1) is 7.11 Å². The van der Waals surface area contributed by atoms with Crippen LogP contribution in [-0.2, 0) is 16.0 Å². The molecule has 0 bridgehead atoms. The Labute approximate surface area is 143 Å². The number of carbonyl (C=O) groups excluding carboxylic acids is 1. The molecule has 128 valence electrons. The van der Waals surface area contributed by atoms with Crippen LogP contribution in [0.15, 0.2) is 53.6 Å². The molecule has 1 aromatic rings. The number of rotatable bonds is 4. The summed E-state index contributed by atoms with van der Waals surface area (Å²) in [5.41, 5.74) is 3.76. The Bertz CT molecular complexity index is 642. The summed E-state index contributed by atoms with van der Waals surface area (Å²) in [6.07, 6.45) is 4.94. The van der Waals surface area contributed by atoms with E-state index < -0.39 is 0 Å². The largest absolute Gasteiger partial charge is 0.468 e. The normalized spacial score (nSPS) is 18.4. The summed E-state index contributed by atoms with van der Waals surface area (Å²) in [7, 11) is 3.58. The number of nitrogens with one attached hydrogen (secondary N) is 1. The van der Waals surface area contributed by atoms with Gasteiger partial charge in [-0.3, -0.25) is 4.79 Å². The van der Waals surface area contributed by atoms with Crippen LogP contribution < -0.4 is 5.32 Å². The molecule has 24 heavy (non-hydrogen) atoms.